The molecule has 0 amide bonds. The van der Waals surface area contributed by atoms with E-state index in [0.29, 0.717) is 0 Å². The quantitative estimate of drug-likeness (QED) is 0.309. The Kier molecular flexibility index (Phi) is 194. The van der Waals surface area contributed by atoms with Crippen molar-refractivity contribution in [3.05, 3.63) is 0 Å². The molecule has 4 N–H and O–H groups in total. The summed E-state index contributed by atoms with van der Waals surface area (Å²) in [6.45, 7) is 0. The molecule has 0 unspecified atom stereocenters. The minimum atomic E-state index is -2.33. The van der Waals surface area contributed by atoms with E-state index in [4.69, 9.17) is 45.0 Å². The van der Waals surface area contributed by atoms with E-state index in [1.807, 2.05) is 0 Å². The third kappa shape index (κ3) is 427. The molecule has 0 aromatic carbocycles. The zero-order chi connectivity index (χ0) is 10.7. The third-order valence-corrected chi connectivity index (χ3v) is 0. The molecule has 0 saturated heterocycles. The second-order valence-electron chi connectivity index (χ2n) is 0.815. The fraction of sp³-hybridized carbons (Fsp3) is 0. The Morgan fingerprint density at radius 3 is 0.579 bits per heavy atom. The summed E-state index contributed by atoms with van der Waals surface area (Å²) in [5.41, 5.74) is 0. The Bertz CT molecular complexity index is 125. The summed E-state index contributed by atoms with van der Waals surface area (Å²) in [5, 5.41) is 44.6. The van der Waals surface area contributed by atoms with Crippen LogP contribution in [0.4, 0.5) is 14.4 Å². The van der Waals surface area contributed by atoms with Crippen LogP contribution < -0.4 is 69.3 Å². The van der Waals surface area contributed by atoms with Crippen molar-refractivity contribution in [3.63, 3.8) is 0 Å². The van der Waals surface area contributed by atoms with E-state index >= 15 is 0 Å². The molecule has 0 heterocycles. The molecule has 82 valence electrons. The van der Waals surface area contributed by atoms with Crippen LogP contribution >= 0.6 is 0 Å². The molecule has 0 aromatic heterocycles. The Balaban J connectivity index is -0.00000000675. The zero-order valence-electron chi connectivity index (χ0n) is 7.33. The predicted octanol–water partition coefficient (Wildman–Crippen LogP) is -11.2. The number of rotatable bonds is 0. The molecule has 0 bridgehead atoms. The van der Waals surface area contributed by atoms with Crippen molar-refractivity contribution in [2.45, 2.75) is 0 Å². The van der Waals surface area contributed by atoms with Gasteiger partial charge in [0.25, 0.3) is 0 Å². The second kappa shape index (κ2) is 56.9. The summed E-state index contributed by atoms with van der Waals surface area (Å²) >= 11 is 0. The molecule has 0 fully saturated rings. The number of carbonyl (C=O) groups excluding carboxylic acids is 1. The summed E-state index contributed by atoms with van der Waals surface area (Å²) in [6, 6.07) is 0. The van der Waals surface area contributed by atoms with Gasteiger partial charge in [-0.25, -0.2) is 9.59 Å². The van der Waals surface area contributed by atoms with Gasteiger partial charge in [0.05, 0.1) is 0 Å². The van der Waals surface area contributed by atoms with E-state index in [0.717, 1.165) is 0 Å². The molecule has 0 rings (SSSR count). The van der Waals surface area contributed by atoms with Gasteiger partial charge in [0.15, 0.2) is 0 Å². The molecule has 0 aliphatic rings. The van der Waals surface area contributed by atoms with Gasteiger partial charge in [-0.05, 0) is 6.16 Å². The van der Waals surface area contributed by atoms with Crippen LogP contribution in [0.2, 0.25) is 0 Å². The van der Waals surface area contributed by atoms with Gasteiger partial charge < -0.3 is 35.4 Å². The van der Waals surface area contributed by atoms with Crippen LogP contribution in [0.5, 0.6) is 0 Å². The number of carboxylic acid groups (broad SMARTS) is 6. The number of carbonyl (C=O) groups is 3. The third-order valence-electron chi connectivity index (χ3n) is 0. The Labute approximate surface area is 264 Å². The van der Waals surface area contributed by atoms with Gasteiger partial charge in [-0.1, -0.05) is 0 Å². The van der Waals surface area contributed by atoms with Crippen LogP contribution in [0.25, 0.3) is 0 Å². The van der Waals surface area contributed by atoms with Crippen molar-refractivity contribution in [2.75, 3.05) is 0 Å². The summed E-state index contributed by atoms with van der Waals surface area (Å²) in [4.78, 5) is 25.4. The maximum atomic E-state index is 8.56. The van der Waals surface area contributed by atoms with E-state index in [9.17, 15) is 0 Å². The summed E-state index contributed by atoms with van der Waals surface area (Å²) in [7, 11) is 0. The monoisotopic (exact) mass is 350 g/mol. The van der Waals surface area contributed by atoms with Gasteiger partial charge in [-0.3, -0.25) is 0 Å². The Hall–Kier alpha value is 4.81. The molecule has 0 aliphatic heterocycles. The van der Waals surface area contributed by atoms with Gasteiger partial charge in [0, 0.05) is 0 Å². The van der Waals surface area contributed by atoms with Gasteiger partial charge >= 0.3 is 219 Å². The van der Waals surface area contributed by atoms with Gasteiger partial charge in [0.2, 0.25) is 0 Å². The molecule has 0 atom stereocenters. The topological polar surface area (TPSA) is 178 Å². The first kappa shape index (κ1) is 65.0. The first-order chi connectivity index (χ1) is 5.20. The van der Waals surface area contributed by atoms with Crippen LogP contribution in [-0.4, -0.2) is 187 Å². The van der Waals surface area contributed by atoms with E-state index in [1.54, 1.807) is 0 Å². The predicted molar refractivity (Wildman–Crippen MR) is 62.4 cm³/mol. The first-order valence-corrected chi connectivity index (χ1v) is 1.92. The van der Waals surface area contributed by atoms with Crippen LogP contribution in [0.1, 0.15) is 0 Å². The average molecular weight is 350 g/mol. The fourth-order valence-corrected chi connectivity index (χ4v) is 0. The Morgan fingerprint density at radius 2 is 0.579 bits per heavy atom. The van der Waals surface area contributed by atoms with Crippen molar-refractivity contribution < 1.29 is 104 Å². The normalized spacial score (nSPS) is 3.79. The van der Waals surface area contributed by atoms with Crippen molar-refractivity contribution in [3.8, 4) is 0 Å². The van der Waals surface area contributed by atoms with Crippen molar-refractivity contribution in [1.29, 1.82) is 0 Å². The maximum absolute atomic E-state index is 8.56. The molecule has 0 aliphatic carbocycles. The Morgan fingerprint density at radius 1 is 0.579 bits per heavy atom. The van der Waals surface area contributed by atoms with E-state index in [2.05, 4.69) is 0 Å². The zero-order valence-corrected chi connectivity index (χ0v) is 11.3. The minimum absolute atomic E-state index is 0. The van der Waals surface area contributed by atoms with Crippen LogP contribution in [-0.2, 0) is 0 Å². The molecule has 19 heavy (non-hydrogen) atoms. The van der Waals surface area contributed by atoms with E-state index in [1.165, 1.54) is 0 Å². The van der Waals surface area contributed by atoms with Crippen molar-refractivity contribution in [2.24, 2.45) is 0 Å². The molecule has 9 nitrogen and oxygen atoms in total. The van der Waals surface area contributed by atoms with Crippen LogP contribution in [0, 0.1) is 0 Å². The number of hydrogen-bond donors (Lipinski definition) is 4. The van der Waals surface area contributed by atoms with E-state index < -0.39 is 18.5 Å². The second-order valence-corrected chi connectivity index (χ2v) is 0.815. The molecule has 0 spiro atoms. The fourth-order valence-electron chi connectivity index (χ4n) is 0. The molecule has 0 aromatic rings. The average Bonchev–Trinajstić information content (AvgIpc) is 1.54. The van der Waals surface area contributed by atoms with Gasteiger partial charge in [-0.2, -0.15) is 0 Å². The molecule has 0 saturated carbocycles. The summed E-state index contributed by atoms with van der Waals surface area (Å²) in [5.74, 6) is 0. The molecule has 0 radical (unpaired) electrons. The first-order valence-electron chi connectivity index (χ1n) is 1.92. The number of hydrogen-bond acceptors (Lipinski definition) is 5. The van der Waals surface area contributed by atoms with Crippen LogP contribution in [0.3, 0.4) is 0 Å². The van der Waals surface area contributed by atoms with Gasteiger partial charge in [0.1, 0.15) is 0 Å². The SMILES string of the molecule is O=C(O)O.O=C(O)O.O=C([O-])[O-].[Na+].[Na+].[NaH].[NaH].[NaH].[NaH].[NaH]. The van der Waals surface area contributed by atoms with Crippen molar-refractivity contribution in [1.82, 2.24) is 0 Å². The summed E-state index contributed by atoms with van der Waals surface area (Å²) in [6.07, 6.45) is -6.00. The standard InChI is InChI=1S/3CH2O3.7Na.5H/c3*2-1(3)4;;;;;;;;;;;;/h3*(H2,2,3,4);;;;;;;;;;;;/q;;;;;;;;2*+1;;;;;/p-2. The molecular weight excluding hydrogens is 341 g/mol. The van der Waals surface area contributed by atoms with E-state index in [-0.39, 0.29) is 207 Å². The molecular formula is C3H9Na7O9. The molecule has 16 heteroatoms. The summed E-state index contributed by atoms with van der Waals surface area (Å²) < 4.78 is 0. The van der Waals surface area contributed by atoms with Gasteiger partial charge in [-0.15, -0.1) is 0 Å². The van der Waals surface area contributed by atoms with Crippen LogP contribution in [0.15, 0.2) is 0 Å². The van der Waals surface area contributed by atoms with Crippen molar-refractivity contribution >= 4 is 166 Å².